The van der Waals surface area contributed by atoms with E-state index in [0.29, 0.717) is 24.8 Å². The number of hydrogen-bond acceptors (Lipinski definition) is 6. The molecular weight excluding hydrogens is 306 g/mol. The number of aryl methyl sites for hydroxylation is 1. The van der Waals surface area contributed by atoms with Gasteiger partial charge >= 0.3 is 0 Å². The predicted octanol–water partition coefficient (Wildman–Crippen LogP) is 1.29. The number of likely N-dealkylation sites (tertiary alicyclic amines) is 1. The van der Waals surface area contributed by atoms with Gasteiger partial charge in [0.15, 0.2) is 5.82 Å². The van der Waals surface area contributed by atoms with E-state index < -0.39 is 5.60 Å². The fourth-order valence-corrected chi connectivity index (χ4v) is 3.59. The molecule has 0 aromatic carbocycles. The molecule has 2 fully saturated rings. The topological polar surface area (TPSA) is 80.2 Å². The Kier molecular flexibility index (Phi) is 4.14. The molecule has 7 nitrogen and oxygen atoms in total. The van der Waals surface area contributed by atoms with Gasteiger partial charge in [-0.3, -0.25) is 4.68 Å². The van der Waals surface area contributed by atoms with Crippen molar-refractivity contribution in [2.75, 3.05) is 19.6 Å². The van der Waals surface area contributed by atoms with Crippen LogP contribution in [0.15, 0.2) is 16.8 Å². The molecule has 0 amide bonds. The summed E-state index contributed by atoms with van der Waals surface area (Å²) >= 11 is 0. The van der Waals surface area contributed by atoms with Crippen molar-refractivity contribution in [3.63, 3.8) is 0 Å². The largest absolute Gasteiger partial charge is 0.388 e. The maximum atomic E-state index is 11.0. The summed E-state index contributed by atoms with van der Waals surface area (Å²) in [6, 6.07) is 2.05. The Bertz CT molecular complexity index is 693. The van der Waals surface area contributed by atoms with E-state index in [4.69, 9.17) is 4.52 Å². The van der Waals surface area contributed by atoms with Gasteiger partial charge in [0, 0.05) is 44.4 Å². The fraction of sp³-hybridized carbons (Fsp3) is 0.706. The van der Waals surface area contributed by atoms with Crippen LogP contribution in [0.25, 0.3) is 0 Å². The molecule has 2 aromatic heterocycles. The molecule has 1 unspecified atom stereocenters. The first-order chi connectivity index (χ1) is 11.6. The van der Waals surface area contributed by atoms with Crippen molar-refractivity contribution in [1.29, 1.82) is 0 Å². The molecule has 4 rings (SSSR count). The van der Waals surface area contributed by atoms with Gasteiger partial charge in [0.1, 0.15) is 0 Å². The summed E-state index contributed by atoms with van der Waals surface area (Å²) in [6.07, 6.45) is 7.32. The number of nitrogens with zero attached hydrogens (tertiary/aromatic N) is 5. The van der Waals surface area contributed by atoms with Gasteiger partial charge in [-0.15, -0.1) is 0 Å². The maximum absolute atomic E-state index is 11.0. The molecule has 1 aliphatic carbocycles. The minimum absolute atomic E-state index is 0.453. The maximum Gasteiger partial charge on any atom is 0.229 e. The van der Waals surface area contributed by atoms with Crippen LogP contribution >= 0.6 is 0 Å². The molecule has 2 aliphatic rings. The first-order valence-corrected chi connectivity index (χ1v) is 8.85. The summed E-state index contributed by atoms with van der Waals surface area (Å²) in [5.74, 6) is 1.88. The minimum Gasteiger partial charge on any atom is -0.388 e. The first-order valence-electron chi connectivity index (χ1n) is 8.85. The van der Waals surface area contributed by atoms with Gasteiger partial charge in [0.2, 0.25) is 5.89 Å². The minimum atomic E-state index is -0.766. The second-order valence-electron chi connectivity index (χ2n) is 7.30. The number of β-amino-alcohol motifs (C(OH)–C–C–N with tert-alkyl or cyclic N) is 1. The monoisotopic (exact) mass is 331 g/mol. The van der Waals surface area contributed by atoms with Crippen LogP contribution in [0.1, 0.15) is 49.0 Å². The number of rotatable bonds is 6. The van der Waals surface area contributed by atoms with E-state index in [1.807, 2.05) is 24.0 Å². The summed E-state index contributed by atoms with van der Waals surface area (Å²) in [6.45, 7) is 2.61. The summed E-state index contributed by atoms with van der Waals surface area (Å²) in [4.78, 5) is 6.79. The Morgan fingerprint density at radius 3 is 3.04 bits per heavy atom. The van der Waals surface area contributed by atoms with E-state index in [1.165, 1.54) is 5.69 Å². The van der Waals surface area contributed by atoms with Crippen LogP contribution < -0.4 is 0 Å². The number of aliphatic hydroxyl groups is 1. The Morgan fingerprint density at radius 1 is 1.42 bits per heavy atom. The van der Waals surface area contributed by atoms with Gasteiger partial charge in [-0.05, 0) is 38.3 Å². The summed E-state index contributed by atoms with van der Waals surface area (Å²) in [7, 11) is 1.97. The van der Waals surface area contributed by atoms with Gasteiger partial charge in [-0.1, -0.05) is 5.16 Å². The quantitative estimate of drug-likeness (QED) is 0.859. The van der Waals surface area contributed by atoms with E-state index in [2.05, 4.69) is 20.1 Å². The molecule has 1 N–H and O–H groups in total. The van der Waals surface area contributed by atoms with Crippen molar-refractivity contribution in [3.8, 4) is 0 Å². The van der Waals surface area contributed by atoms with Crippen molar-refractivity contribution >= 4 is 0 Å². The van der Waals surface area contributed by atoms with Crippen LogP contribution in [0.2, 0.25) is 0 Å². The Balaban J connectivity index is 1.34. The molecule has 24 heavy (non-hydrogen) atoms. The third kappa shape index (κ3) is 3.52. The highest BCUT2D eigenvalue weighted by atomic mass is 16.5. The molecular formula is C17H25N5O2. The zero-order valence-electron chi connectivity index (χ0n) is 14.2. The second kappa shape index (κ2) is 6.29. The Morgan fingerprint density at radius 2 is 2.29 bits per heavy atom. The van der Waals surface area contributed by atoms with Crippen LogP contribution in [0, 0.1) is 0 Å². The van der Waals surface area contributed by atoms with Crippen LogP contribution in [-0.4, -0.2) is 55.2 Å². The van der Waals surface area contributed by atoms with Crippen molar-refractivity contribution < 1.29 is 9.63 Å². The first kappa shape index (κ1) is 15.8. The predicted molar refractivity (Wildman–Crippen MR) is 87.5 cm³/mol. The molecule has 1 saturated heterocycles. The Hall–Kier alpha value is -1.73. The smallest absolute Gasteiger partial charge is 0.229 e. The summed E-state index contributed by atoms with van der Waals surface area (Å²) in [5.41, 5.74) is 0.452. The highest BCUT2D eigenvalue weighted by Gasteiger charge is 2.36. The van der Waals surface area contributed by atoms with Crippen molar-refractivity contribution in [3.05, 3.63) is 29.7 Å². The van der Waals surface area contributed by atoms with E-state index in [9.17, 15) is 5.11 Å². The molecule has 1 atom stereocenters. The third-order valence-corrected chi connectivity index (χ3v) is 5.15. The fourth-order valence-electron chi connectivity index (χ4n) is 3.59. The highest BCUT2D eigenvalue weighted by molar-refractivity contribution is 5.05. The average molecular weight is 331 g/mol. The molecule has 3 heterocycles. The lowest BCUT2D eigenvalue weighted by molar-refractivity contribution is -0.0346. The number of hydrogen-bond donors (Lipinski definition) is 1. The zero-order chi connectivity index (χ0) is 16.6. The summed E-state index contributed by atoms with van der Waals surface area (Å²) < 4.78 is 7.26. The average Bonchev–Trinajstić information content (AvgIpc) is 3.17. The molecule has 130 valence electrons. The molecule has 1 aliphatic heterocycles. The van der Waals surface area contributed by atoms with Gasteiger partial charge in [0.05, 0.1) is 12.0 Å². The van der Waals surface area contributed by atoms with E-state index in [0.717, 1.165) is 51.0 Å². The standard InChI is InChI=1S/C17H25N5O2/c1-21-14(5-8-18-21)6-10-22-9-2-7-17(23,12-22)11-15-19-16(20-24-15)13-3-4-13/h5,8,13,23H,2-4,6-7,9-12H2,1H3. The normalized spacial score (nSPS) is 25.2. The molecule has 1 saturated carbocycles. The second-order valence-corrected chi connectivity index (χ2v) is 7.30. The van der Waals surface area contributed by atoms with Gasteiger partial charge in [-0.2, -0.15) is 10.1 Å². The number of aromatic nitrogens is 4. The van der Waals surface area contributed by atoms with Gasteiger partial charge < -0.3 is 14.5 Å². The van der Waals surface area contributed by atoms with Crippen LogP contribution in [0.5, 0.6) is 0 Å². The van der Waals surface area contributed by atoms with Gasteiger partial charge in [-0.25, -0.2) is 0 Å². The number of piperidine rings is 1. The van der Waals surface area contributed by atoms with E-state index in [1.54, 1.807) is 0 Å². The molecule has 7 heteroatoms. The summed E-state index contributed by atoms with van der Waals surface area (Å²) in [5, 5.41) is 19.2. The molecule has 0 spiro atoms. The molecule has 2 aromatic rings. The van der Waals surface area contributed by atoms with Crippen LogP contribution in [0.4, 0.5) is 0 Å². The third-order valence-electron chi connectivity index (χ3n) is 5.15. The zero-order valence-corrected chi connectivity index (χ0v) is 14.2. The van der Waals surface area contributed by atoms with Gasteiger partial charge in [0.25, 0.3) is 0 Å². The van der Waals surface area contributed by atoms with Crippen LogP contribution in [0.3, 0.4) is 0 Å². The highest BCUT2D eigenvalue weighted by Crippen LogP contribution is 2.38. The molecule has 0 bridgehead atoms. The lowest BCUT2D eigenvalue weighted by Crippen LogP contribution is -2.50. The molecule has 0 radical (unpaired) electrons. The Labute approximate surface area is 141 Å². The lowest BCUT2D eigenvalue weighted by Gasteiger charge is -2.38. The van der Waals surface area contributed by atoms with Crippen molar-refractivity contribution in [1.82, 2.24) is 24.8 Å². The van der Waals surface area contributed by atoms with E-state index >= 15 is 0 Å². The van der Waals surface area contributed by atoms with E-state index in [-0.39, 0.29) is 0 Å². The van der Waals surface area contributed by atoms with Crippen molar-refractivity contribution in [2.24, 2.45) is 7.05 Å². The van der Waals surface area contributed by atoms with Crippen LogP contribution in [-0.2, 0) is 19.9 Å². The SMILES string of the molecule is Cn1nccc1CCN1CCCC(O)(Cc2nc(C3CC3)no2)C1. The lowest BCUT2D eigenvalue weighted by atomic mass is 9.89. The van der Waals surface area contributed by atoms with Crippen molar-refractivity contribution in [2.45, 2.75) is 50.0 Å².